The minimum Gasteiger partial charge on any atom is -0.466 e. The topological polar surface area (TPSA) is 73.2 Å². The average Bonchev–Trinajstić information content (AvgIpc) is 2.42. The normalized spacial score (nSPS) is 10.1. The number of ether oxygens (including phenoxy) is 1. The van der Waals surface area contributed by atoms with Crippen LogP contribution in [0.15, 0.2) is 23.6 Å². The number of nitrogens with zero attached hydrogens (tertiary/aromatic N) is 2. The molecular weight excluding hydrogens is 282 g/mol. The monoisotopic (exact) mass is 299 g/mol. The Hall–Kier alpha value is -1.82. The molecule has 0 atom stereocenters. The summed E-state index contributed by atoms with van der Waals surface area (Å²) in [5, 5.41) is 7.03. The molecule has 1 N–H and O–H groups in total. The molecule has 0 saturated heterocycles. The van der Waals surface area contributed by atoms with E-state index in [4.69, 9.17) is 16.3 Å². The molecule has 0 spiro atoms. The van der Waals surface area contributed by atoms with Crippen molar-refractivity contribution in [3.05, 3.63) is 34.2 Å². The van der Waals surface area contributed by atoms with Gasteiger partial charge in [-0.25, -0.2) is 4.68 Å². The summed E-state index contributed by atoms with van der Waals surface area (Å²) in [4.78, 5) is 23.0. The van der Waals surface area contributed by atoms with Gasteiger partial charge in [0.05, 0.1) is 25.0 Å². The predicted octanol–water partition coefficient (Wildman–Crippen LogP) is 1.84. The van der Waals surface area contributed by atoms with Gasteiger partial charge in [0.1, 0.15) is 5.02 Å². The summed E-state index contributed by atoms with van der Waals surface area (Å²) in [6.45, 7) is 6.49. The Morgan fingerprint density at radius 3 is 3.05 bits per heavy atom. The van der Waals surface area contributed by atoms with Crippen LogP contribution in [0.4, 0.5) is 5.69 Å². The van der Waals surface area contributed by atoms with Crippen LogP contribution in [0.5, 0.6) is 0 Å². The zero-order valence-corrected chi connectivity index (χ0v) is 12.2. The molecule has 110 valence electrons. The number of allylic oxidation sites excluding steroid dienone is 1. The molecule has 1 aromatic heterocycles. The summed E-state index contributed by atoms with van der Waals surface area (Å²) in [6.07, 6.45) is 3.96. The lowest BCUT2D eigenvalue weighted by Gasteiger charge is -2.09. The standard InChI is InChI=1S/C13H18ClN3O3/c1-3-8-17-13(19)12(14)10(9-16-17)15-7-5-6-11(18)20-4-2/h3,9,15H,1,4-8H2,2H3. The molecule has 0 saturated carbocycles. The molecule has 7 heteroatoms. The largest absolute Gasteiger partial charge is 0.466 e. The van der Waals surface area contributed by atoms with Crippen molar-refractivity contribution in [2.75, 3.05) is 18.5 Å². The molecule has 0 bridgehead atoms. The van der Waals surface area contributed by atoms with Crippen LogP contribution >= 0.6 is 11.6 Å². The quantitative estimate of drug-likeness (QED) is 0.450. The van der Waals surface area contributed by atoms with Gasteiger partial charge in [-0.2, -0.15) is 5.10 Å². The minimum absolute atomic E-state index is 0.0815. The molecule has 20 heavy (non-hydrogen) atoms. The second-order valence-corrected chi connectivity index (χ2v) is 4.36. The van der Waals surface area contributed by atoms with E-state index in [1.54, 1.807) is 13.0 Å². The van der Waals surface area contributed by atoms with E-state index >= 15 is 0 Å². The van der Waals surface area contributed by atoms with Crippen LogP contribution in [-0.2, 0) is 16.1 Å². The first-order valence-corrected chi connectivity index (χ1v) is 6.74. The number of rotatable bonds is 8. The van der Waals surface area contributed by atoms with Crippen LogP contribution in [0.3, 0.4) is 0 Å². The third kappa shape index (κ3) is 4.70. The number of esters is 1. The van der Waals surface area contributed by atoms with Crippen LogP contribution in [0.2, 0.25) is 5.02 Å². The fourth-order valence-corrected chi connectivity index (χ4v) is 1.74. The number of anilines is 1. The Kier molecular flexibility index (Phi) is 6.79. The predicted molar refractivity (Wildman–Crippen MR) is 78.1 cm³/mol. The molecule has 0 radical (unpaired) electrons. The number of carbonyl (C=O) groups excluding carboxylic acids is 1. The lowest BCUT2D eigenvalue weighted by Crippen LogP contribution is -2.23. The molecule has 1 rings (SSSR count). The summed E-state index contributed by atoms with van der Waals surface area (Å²) in [7, 11) is 0. The maximum Gasteiger partial charge on any atom is 0.305 e. The van der Waals surface area contributed by atoms with Gasteiger partial charge in [-0.1, -0.05) is 17.7 Å². The summed E-state index contributed by atoms with van der Waals surface area (Å²) >= 11 is 5.96. The van der Waals surface area contributed by atoms with Crippen molar-refractivity contribution in [3.8, 4) is 0 Å². The SMILES string of the molecule is C=CCn1ncc(NCCCC(=O)OCC)c(Cl)c1=O. The van der Waals surface area contributed by atoms with Gasteiger partial charge in [0.2, 0.25) is 0 Å². The molecule has 0 aliphatic carbocycles. The van der Waals surface area contributed by atoms with Crippen LogP contribution < -0.4 is 10.9 Å². The molecule has 0 aliphatic rings. The maximum absolute atomic E-state index is 11.8. The van der Waals surface area contributed by atoms with Gasteiger partial charge in [-0.15, -0.1) is 6.58 Å². The van der Waals surface area contributed by atoms with Crippen molar-refractivity contribution in [2.24, 2.45) is 0 Å². The zero-order valence-electron chi connectivity index (χ0n) is 11.4. The summed E-state index contributed by atoms with van der Waals surface area (Å²) in [6, 6.07) is 0. The fourth-order valence-electron chi connectivity index (χ4n) is 1.53. The van der Waals surface area contributed by atoms with Crippen LogP contribution in [-0.4, -0.2) is 28.9 Å². The van der Waals surface area contributed by atoms with Crippen molar-refractivity contribution in [1.29, 1.82) is 0 Å². The van der Waals surface area contributed by atoms with Gasteiger partial charge in [-0.05, 0) is 13.3 Å². The van der Waals surface area contributed by atoms with Crippen LogP contribution in [0.25, 0.3) is 0 Å². The highest BCUT2D eigenvalue weighted by atomic mass is 35.5. The lowest BCUT2D eigenvalue weighted by atomic mass is 10.3. The Morgan fingerprint density at radius 2 is 2.40 bits per heavy atom. The van der Waals surface area contributed by atoms with Gasteiger partial charge in [0.25, 0.3) is 5.56 Å². The first kappa shape index (κ1) is 16.2. The van der Waals surface area contributed by atoms with Crippen molar-refractivity contribution < 1.29 is 9.53 Å². The van der Waals surface area contributed by atoms with Crippen molar-refractivity contribution in [2.45, 2.75) is 26.3 Å². The van der Waals surface area contributed by atoms with E-state index in [9.17, 15) is 9.59 Å². The first-order valence-electron chi connectivity index (χ1n) is 6.36. The van der Waals surface area contributed by atoms with E-state index < -0.39 is 0 Å². The van der Waals surface area contributed by atoms with Gasteiger partial charge in [0, 0.05) is 13.0 Å². The van der Waals surface area contributed by atoms with Crippen molar-refractivity contribution in [3.63, 3.8) is 0 Å². The van der Waals surface area contributed by atoms with Crippen molar-refractivity contribution >= 4 is 23.3 Å². The van der Waals surface area contributed by atoms with E-state index in [-0.39, 0.29) is 16.6 Å². The zero-order chi connectivity index (χ0) is 15.0. The Bertz CT molecular complexity index is 528. The Labute approximate surface area is 122 Å². The third-order valence-corrected chi connectivity index (χ3v) is 2.83. The molecule has 0 aliphatic heterocycles. The number of aromatic nitrogens is 2. The highest BCUT2D eigenvalue weighted by Gasteiger charge is 2.08. The van der Waals surface area contributed by atoms with Crippen LogP contribution in [0, 0.1) is 0 Å². The second-order valence-electron chi connectivity index (χ2n) is 3.98. The number of hydrogen-bond donors (Lipinski definition) is 1. The number of carbonyl (C=O) groups is 1. The second kappa shape index (κ2) is 8.37. The average molecular weight is 300 g/mol. The van der Waals surface area contributed by atoms with Crippen LogP contribution in [0.1, 0.15) is 19.8 Å². The molecular formula is C13H18ClN3O3. The molecule has 0 amide bonds. The molecule has 0 aromatic carbocycles. The highest BCUT2D eigenvalue weighted by molar-refractivity contribution is 6.32. The maximum atomic E-state index is 11.8. The molecule has 1 heterocycles. The molecule has 0 unspecified atom stereocenters. The van der Waals surface area contributed by atoms with E-state index in [1.165, 1.54) is 10.9 Å². The Balaban J connectivity index is 2.53. The third-order valence-electron chi connectivity index (χ3n) is 2.47. The fraction of sp³-hybridized carbons (Fsp3) is 0.462. The first-order chi connectivity index (χ1) is 9.60. The molecule has 1 aromatic rings. The number of nitrogens with one attached hydrogen (secondary N) is 1. The summed E-state index contributed by atoms with van der Waals surface area (Å²) < 4.78 is 6.03. The minimum atomic E-state index is -0.373. The van der Waals surface area contributed by atoms with E-state index in [0.29, 0.717) is 38.2 Å². The number of hydrogen-bond acceptors (Lipinski definition) is 5. The molecule has 6 nitrogen and oxygen atoms in total. The highest BCUT2D eigenvalue weighted by Crippen LogP contribution is 2.15. The lowest BCUT2D eigenvalue weighted by molar-refractivity contribution is -0.143. The molecule has 0 fully saturated rings. The van der Waals surface area contributed by atoms with E-state index in [0.717, 1.165) is 0 Å². The van der Waals surface area contributed by atoms with E-state index in [2.05, 4.69) is 17.0 Å². The Morgan fingerprint density at radius 1 is 1.65 bits per heavy atom. The summed E-state index contributed by atoms with van der Waals surface area (Å²) in [5.74, 6) is -0.236. The van der Waals surface area contributed by atoms with Gasteiger partial charge in [0.15, 0.2) is 0 Å². The number of halogens is 1. The van der Waals surface area contributed by atoms with E-state index in [1.807, 2.05) is 0 Å². The van der Waals surface area contributed by atoms with Gasteiger partial charge in [-0.3, -0.25) is 9.59 Å². The smallest absolute Gasteiger partial charge is 0.305 e. The van der Waals surface area contributed by atoms with Gasteiger partial charge >= 0.3 is 5.97 Å². The van der Waals surface area contributed by atoms with Crippen molar-refractivity contribution in [1.82, 2.24) is 9.78 Å². The van der Waals surface area contributed by atoms with Gasteiger partial charge < -0.3 is 10.1 Å². The summed E-state index contributed by atoms with van der Waals surface area (Å²) in [5.41, 5.74) is 0.0859.